The summed E-state index contributed by atoms with van der Waals surface area (Å²) in [6, 6.07) is 4.04. The van der Waals surface area contributed by atoms with Crippen molar-refractivity contribution in [1.29, 1.82) is 0 Å². The molecule has 2 saturated carbocycles. The van der Waals surface area contributed by atoms with Gasteiger partial charge < -0.3 is 20.1 Å². The first kappa shape index (κ1) is 24.2. The van der Waals surface area contributed by atoms with Gasteiger partial charge in [0.25, 0.3) is 0 Å². The highest BCUT2D eigenvalue weighted by Crippen LogP contribution is 2.43. The van der Waals surface area contributed by atoms with Gasteiger partial charge in [0.1, 0.15) is 6.10 Å². The lowest BCUT2D eigenvalue weighted by atomic mass is 9.67. The van der Waals surface area contributed by atoms with Gasteiger partial charge in [0, 0.05) is 39.1 Å². The van der Waals surface area contributed by atoms with E-state index in [-0.39, 0.29) is 24.0 Å². The molecule has 0 spiro atoms. The fourth-order valence-corrected chi connectivity index (χ4v) is 4.04. The van der Waals surface area contributed by atoms with E-state index >= 15 is 0 Å². The molecule has 2 aliphatic carbocycles. The number of rotatable bonds is 10. The smallest absolute Gasteiger partial charge is 0.213 e. The zero-order valence-electron chi connectivity index (χ0n) is 17.9. The van der Waals surface area contributed by atoms with Crippen molar-refractivity contribution in [3.63, 3.8) is 0 Å². The number of guanidine groups is 1. The normalized spacial score (nSPS) is 18.6. The molecular weight excluding hydrogens is 479 g/mol. The molecule has 0 amide bonds. The fourth-order valence-electron chi connectivity index (χ4n) is 4.04. The zero-order valence-corrected chi connectivity index (χ0v) is 20.2. The highest BCUT2D eigenvalue weighted by atomic mass is 127. The Bertz CT molecular complexity index is 614. The molecule has 2 N–H and O–H groups in total. The third kappa shape index (κ3) is 7.59. The van der Waals surface area contributed by atoms with Crippen molar-refractivity contribution in [3.8, 4) is 5.88 Å². The Hall–Kier alpha value is -1.09. The minimum Gasteiger partial charge on any atom is -0.474 e. The average molecular weight is 516 g/mol. The molecule has 0 saturated heterocycles. The third-order valence-corrected chi connectivity index (χ3v) is 6.03. The second kappa shape index (κ2) is 12.6. The number of hydrogen-bond donors (Lipinski definition) is 2. The molecule has 2 aliphatic rings. The van der Waals surface area contributed by atoms with Crippen molar-refractivity contribution in [2.45, 2.75) is 70.9 Å². The van der Waals surface area contributed by atoms with Crippen LogP contribution >= 0.6 is 24.0 Å². The Kier molecular flexibility index (Phi) is 10.5. The number of halogens is 1. The molecule has 0 aromatic carbocycles. The summed E-state index contributed by atoms with van der Waals surface area (Å²) in [6.07, 6.45) is 12.0. The van der Waals surface area contributed by atoms with Crippen molar-refractivity contribution >= 4 is 29.9 Å². The van der Waals surface area contributed by atoms with Crippen LogP contribution in [0.3, 0.4) is 0 Å². The van der Waals surface area contributed by atoms with Crippen LogP contribution in [-0.4, -0.2) is 43.9 Å². The highest BCUT2D eigenvalue weighted by Gasteiger charge is 2.36. The molecule has 0 aliphatic heterocycles. The molecule has 1 aromatic heterocycles. The van der Waals surface area contributed by atoms with Crippen LogP contribution in [-0.2, 0) is 11.3 Å². The summed E-state index contributed by atoms with van der Waals surface area (Å²) in [6.45, 7) is 5.34. The first-order valence-electron chi connectivity index (χ1n) is 10.9. The fraction of sp³-hybridized carbons (Fsp3) is 0.727. The van der Waals surface area contributed by atoms with E-state index in [4.69, 9.17) is 14.5 Å². The van der Waals surface area contributed by atoms with Crippen LogP contribution in [0.2, 0.25) is 0 Å². The molecular formula is C22H37IN4O2. The van der Waals surface area contributed by atoms with Gasteiger partial charge in [-0.3, -0.25) is 0 Å². The standard InChI is InChI=1S/C22H36N4O2.HI/c1-3-23-21(26-17-22(11-6-12-22)13-14-27-2)25-16-18-9-10-20(24-15-18)28-19-7-4-5-8-19;/h9-10,15,19H,3-8,11-14,16-17H2,1-2H3,(H2,23,25,26);1H. The van der Waals surface area contributed by atoms with Crippen LogP contribution in [0.15, 0.2) is 23.3 Å². The van der Waals surface area contributed by atoms with Crippen molar-refractivity contribution in [2.24, 2.45) is 10.4 Å². The Morgan fingerprint density at radius 1 is 1.21 bits per heavy atom. The van der Waals surface area contributed by atoms with Crippen LogP contribution in [0, 0.1) is 5.41 Å². The Morgan fingerprint density at radius 2 is 2.00 bits per heavy atom. The first-order valence-corrected chi connectivity index (χ1v) is 10.9. The third-order valence-electron chi connectivity index (χ3n) is 6.03. The number of aliphatic imine (C=N–C) groups is 1. The van der Waals surface area contributed by atoms with E-state index in [1.165, 1.54) is 32.1 Å². The van der Waals surface area contributed by atoms with Gasteiger partial charge in [0.2, 0.25) is 5.88 Å². The maximum atomic E-state index is 5.94. The van der Waals surface area contributed by atoms with Gasteiger partial charge in [-0.25, -0.2) is 9.98 Å². The number of nitrogens with one attached hydrogen (secondary N) is 2. The van der Waals surface area contributed by atoms with E-state index in [9.17, 15) is 0 Å². The number of hydrogen-bond acceptors (Lipinski definition) is 4. The summed E-state index contributed by atoms with van der Waals surface area (Å²) in [5, 5.41) is 6.89. The maximum Gasteiger partial charge on any atom is 0.213 e. The maximum absolute atomic E-state index is 5.94. The summed E-state index contributed by atoms with van der Waals surface area (Å²) < 4.78 is 11.2. The monoisotopic (exact) mass is 516 g/mol. The molecule has 0 unspecified atom stereocenters. The zero-order chi connectivity index (χ0) is 19.7. The second-order valence-corrected chi connectivity index (χ2v) is 8.17. The number of ether oxygens (including phenoxy) is 2. The van der Waals surface area contributed by atoms with E-state index in [1.54, 1.807) is 7.11 Å². The van der Waals surface area contributed by atoms with Crippen molar-refractivity contribution in [3.05, 3.63) is 23.9 Å². The molecule has 1 heterocycles. The van der Waals surface area contributed by atoms with Crippen LogP contribution in [0.5, 0.6) is 5.88 Å². The Balaban J connectivity index is 0.00000300. The summed E-state index contributed by atoms with van der Waals surface area (Å²) >= 11 is 0. The van der Waals surface area contributed by atoms with Gasteiger partial charge in [-0.2, -0.15) is 0 Å². The summed E-state index contributed by atoms with van der Waals surface area (Å²) in [5.74, 6) is 1.60. The van der Waals surface area contributed by atoms with Crippen LogP contribution in [0.4, 0.5) is 0 Å². The second-order valence-electron chi connectivity index (χ2n) is 8.17. The molecule has 7 heteroatoms. The van der Waals surface area contributed by atoms with E-state index < -0.39 is 0 Å². The van der Waals surface area contributed by atoms with Gasteiger partial charge >= 0.3 is 0 Å². The average Bonchev–Trinajstić information content (AvgIpc) is 3.19. The van der Waals surface area contributed by atoms with Gasteiger partial charge in [0.05, 0.1) is 6.54 Å². The topological polar surface area (TPSA) is 67.8 Å². The van der Waals surface area contributed by atoms with Crippen LogP contribution in [0.1, 0.15) is 63.9 Å². The molecule has 1 aromatic rings. The predicted molar refractivity (Wildman–Crippen MR) is 128 cm³/mol. The van der Waals surface area contributed by atoms with Crippen LogP contribution in [0.25, 0.3) is 0 Å². The molecule has 2 fully saturated rings. The minimum atomic E-state index is 0. The summed E-state index contributed by atoms with van der Waals surface area (Å²) in [7, 11) is 1.78. The highest BCUT2D eigenvalue weighted by molar-refractivity contribution is 14.0. The lowest BCUT2D eigenvalue weighted by molar-refractivity contribution is 0.0732. The lowest BCUT2D eigenvalue weighted by Crippen LogP contribution is -2.46. The van der Waals surface area contributed by atoms with Crippen molar-refractivity contribution in [2.75, 3.05) is 26.8 Å². The first-order chi connectivity index (χ1) is 13.7. The van der Waals surface area contributed by atoms with E-state index in [1.807, 2.05) is 12.3 Å². The van der Waals surface area contributed by atoms with Crippen molar-refractivity contribution < 1.29 is 9.47 Å². The predicted octanol–water partition coefficient (Wildman–Crippen LogP) is 4.28. The van der Waals surface area contributed by atoms with E-state index in [0.717, 1.165) is 56.4 Å². The molecule has 3 rings (SSSR count). The van der Waals surface area contributed by atoms with Gasteiger partial charge in [0.15, 0.2) is 5.96 Å². The molecule has 0 bridgehead atoms. The minimum absolute atomic E-state index is 0. The number of methoxy groups -OCH3 is 1. The van der Waals surface area contributed by atoms with Gasteiger partial charge in [-0.05, 0) is 62.8 Å². The Labute approximate surface area is 192 Å². The summed E-state index contributed by atoms with van der Waals surface area (Å²) in [4.78, 5) is 9.20. The van der Waals surface area contributed by atoms with Crippen molar-refractivity contribution in [1.82, 2.24) is 15.6 Å². The van der Waals surface area contributed by atoms with E-state index in [2.05, 4.69) is 28.6 Å². The van der Waals surface area contributed by atoms with Gasteiger partial charge in [-0.1, -0.05) is 12.5 Å². The largest absolute Gasteiger partial charge is 0.474 e. The molecule has 6 nitrogen and oxygen atoms in total. The summed E-state index contributed by atoms with van der Waals surface area (Å²) in [5.41, 5.74) is 1.46. The number of nitrogens with zero attached hydrogens (tertiary/aromatic N) is 2. The van der Waals surface area contributed by atoms with E-state index in [0.29, 0.717) is 18.1 Å². The number of pyridine rings is 1. The number of aromatic nitrogens is 1. The Morgan fingerprint density at radius 3 is 2.59 bits per heavy atom. The SMILES string of the molecule is CCNC(=NCc1ccc(OC2CCCC2)nc1)NCC1(CCOC)CCC1.I. The molecule has 0 radical (unpaired) electrons. The lowest BCUT2D eigenvalue weighted by Gasteiger charge is -2.42. The quantitative estimate of drug-likeness (QED) is 0.276. The van der Waals surface area contributed by atoms with Crippen LogP contribution < -0.4 is 15.4 Å². The molecule has 29 heavy (non-hydrogen) atoms. The molecule has 0 atom stereocenters. The van der Waals surface area contributed by atoms with Gasteiger partial charge in [-0.15, -0.1) is 24.0 Å². The molecule has 164 valence electrons.